The van der Waals surface area contributed by atoms with Gasteiger partial charge in [-0.25, -0.2) is 0 Å². The van der Waals surface area contributed by atoms with Gasteiger partial charge in [-0.2, -0.15) is 5.26 Å². The van der Waals surface area contributed by atoms with Crippen molar-refractivity contribution in [1.29, 1.82) is 5.26 Å². The first-order chi connectivity index (χ1) is 13.9. The number of benzene rings is 1. The molecule has 0 spiro atoms. The second-order valence-corrected chi connectivity index (χ2v) is 8.72. The maximum absolute atomic E-state index is 13.3. The largest absolute Gasteiger partial charge is 0.370 e. The lowest BCUT2D eigenvalue weighted by Gasteiger charge is -2.41. The van der Waals surface area contributed by atoms with Crippen LogP contribution in [0, 0.1) is 16.7 Å². The summed E-state index contributed by atoms with van der Waals surface area (Å²) >= 11 is 6.01. The molecule has 0 atom stereocenters. The summed E-state index contributed by atoms with van der Waals surface area (Å²) in [6.07, 6.45) is 3.16. The lowest BCUT2D eigenvalue weighted by molar-refractivity contribution is -0.146. The van der Waals surface area contributed by atoms with Gasteiger partial charge in [-0.1, -0.05) is 25.4 Å². The van der Waals surface area contributed by atoms with Crippen molar-refractivity contribution >= 4 is 29.1 Å². The number of amides is 2. The fourth-order valence-corrected chi connectivity index (χ4v) is 4.48. The number of carbonyl (C=O) groups excluding carboxylic acids is 2. The fraction of sp³-hybridized carbons (Fsp3) is 0.591. The van der Waals surface area contributed by atoms with Crippen molar-refractivity contribution in [2.24, 2.45) is 5.41 Å². The third kappa shape index (κ3) is 4.67. The molecule has 156 valence electrons. The SMILES string of the molecule is CCCN1CCCN(C(=O)C2(C)CCN(c3ccc(Cl)cc3C#N)CC2)CC1=O. The lowest BCUT2D eigenvalue weighted by atomic mass is 9.78. The molecule has 0 aliphatic carbocycles. The van der Waals surface area contributed by atoms with Gasteiger partial charge in [0.2, 0.25) is 11.8 Å². The molecule has 2 fully saturated rings. The van der Waals surface area contributed by atoms with Crippen LogP contribution in [0.4, 0.5) is 5.69 Å². The van der Waals surface area contributed by atoms with Crippen molar-refractivity contribution in [2.45, 2.75) is 39.5 Å². The van der Waals surface area contributed by atoms with Crippen LogP contribution >= 0.6 is 11.6 Å². The molecule has 0 radical (unpaired) electrons. The second-order valence-electron chi connectivity index (χ2n) is 8.28. The summed E-state index contributed by atoms with van der Waals surface area (Å²) in [5.74, 6) is 0.138. The number of hydrogen-bond donors (Lipinski definition) is 0. The predicted octanol–water partition coefficient (Wildman–Crippen LogP) is 3.29. The van der Waals surface area contributed by atoms with Crippen LogP contribution in [-0.4, -0.2) is 60.9 Å². The topological polar surface area (TPSA) is 67.7 Å². The maximum Gasteiger partial charge on any atom is 0.242 e. The van der Waals surface area contributed by atoms with Gasteiger partial charge in [0.15, 0.2) is 0 Å². The highest BCUT2D eigenvalue weighted by Gasteiger charge is 2.41. The van der Waals surface area contributed by atoms with Gasteiger partial charge in [-0.15, -0.1) is 0 Å². The molecule has 0 bridgehead atoms. The number of halogens is 1. The molecular weight excluding hydrogens is 388 g/mol. The zero-order valence-corrected chi connectivity index (χ0v) is 18.0. The maximum atomic E-state index is 13.3. The number of anilines is 1. The van der Waals surface area contributed by atoms with Crippen molar-refractivity contribution in [3.63, 3.8) is 0 Å². The summed E-state index contributed by atoms with van der Waals surface area (Å²) in [6.45, 7) is 7.79. The molecule has 0 aromatic heterocycles. The lowest BCUT2D eigenvalue weighted by Crippen LogP contribution is -2.50. The molecule has 1 aromatic rings. The normalized spacial score (nSPS) is 19.7. The van der Waals surface area contributed by atoms with Crippen molar-refractivity contribution in [1.82, 2.24) is 9.80 Å². The predicted molar refractivity (Wildman–Crippen MR) is 114 cm³/mol. The number of hydrogen-bond acceptors (Lipinski definition) is 4. The molecule has 0 unspecified atom stereocenters. The van der Waals surface area contributed by atoms with Gasteiger partial charge in [0.05, 0.1) is 17.8 Å². The van der Waals surface area contributed by atoms with E-state index in [4.69, 9.17) is 11.6 Å². The number of carbonyl (C=O) groups is 2. The Morgan fingerprint density at radius 3 is 2.62 bits per heavy atom. The van der Waals surface area contributed by atoms with Crippen molar-refractivity contribution in [3.8, 4) is 6.07 Å². The van der Waals surface area contributed by atoms with Crippen LogP contribution in [0.5, 0.6) is 0 Å². The highest BCUT2D eigenvalue weighted by molar-refractivity contribution is 6.30. The first-order valence-electron chi connectivity index (χ1n) is 10.4. The minimum Gasteiger partial charge on any atom is -0.370 e. The molecule has 3 rings (SSSR count). The monoisotopic (exact) mass is 416 g/mol. The Morgan fingerprint density at radius 2 is 1.97 bits per heavy atom. The minimum atomic E-state index is -0.476. The van der Waals surface area contributed by atoms with E-state index in [0.29, 0.717) is 43.1 Å². The van der Waals surface area contributed by atoms with E-state index in [1.54, 1.807) is 17.0 Å². The van der Waals surface area contributed by atoms with Crippen LogP contribution in [0.15, 0.2) is 18.2 Å². The fourth-order valence-electron chi connectivity index (χ4n) is 4.31. The van der Waals surface area contributed by atoms with Gasteiger partial charge in [0.25, 0.3) is 0 Å². The third-order valence-electron chi connectivity index (χ3n) is 6.12. The molecule has 2 saturated heterocycles. The minimum absolute atomic E-state index is 0.0542. The van der Waals surface area contributed by atoms with E-state index >= 15 is 0 Å². The molecule has 2 amide bonds. The summed E-state index contributed by atoms with van der Waals surface area (Å²) in [7, 11) is 0. The standard InChI is InChI=1S/C22H29ClN4O2/c1-3-9-26-10-4-11-27(16-20(26)28)21(29)22(2)7-12-25(13-8-22)19-6-5-18(23)14-17(19)15-24/h5-6,14H,3-4,7-13,16H2,1-2H3. The first kappa shape index (κ1) is 21.4. The van der Waals surface area contributed by atoms with Gasteiger partial charge in [0.1, 0.15) is 6.07 Å². The van der Waals surface area contributed by atoms with Gasteiger partial charge in [-0.05, 0) is 43.9 Å². The summed E-state index contributed by atoms with van der Waals surface area (Å²) in [4.78, 5) is 31.6. The van der Waals surface area contributed by atoms with Gasteiger partial charge < -0.3 is 14.7 Å². The molecular formula is C22H29ClN4O2. The Balaban J connectivity index is 1.66. The van der Waals surface area contributed by atoms with Crippen LogP contribution in [0.2, 0.25) is 5.02 Å². The van der Waals surface area contributed by atoms with E-state index in [1.807, 2.05) is 17.9 Å². The molecule has 0 saturated carbocycles. The van der Waals surface area contributed by atoms with Gasteiger partial charge in [0, 0.05) is 43.2 Å². The summed E-state index contributed by atoms with van der Waals surface area (Å²) in [5, 5.41) is 9.96. The van der Waals surface area contributed by atoms with E-state index < -0.39 is 5.41 Å². The highest BCUT2D eigenvalue weighted by atomic mass is 35.5. The van der Waals surface area contributed by atoms with Crippen molar-refractivity contribution in [2.75, 3.05) is 44.2 Å². The molecule has 7 heteroatoms. The van der Waals surface area contributed by atoms with E-state index in [2.05, 4.69) is 17.9 Å². The Morgan fingerprint density at radius 1 is 1.24 bits per heavy atom. The Labute approximate surface area is 178 Å². The quantitative estimate of drug-likeness (QED) is 0.755. The zero-order chi connectivity index (χ0) is 21.0. The molecule has 0 N–H and O–H groups in total. The summed E-state index contributed by atoms with van der Waals surface area (Å²) in [5.41, 5.74) is 0.948. The van der Waals surface area contributed by atoms with Crippen LogP contribution in [0.3, 0.4) is 0 Å². The number of nitriles is 1. The summed E-state index contributed by atoms with van der Waals surface area (Å²) < 4.78 is 0. The number of piperidine rings is 1. The van der Waals surface area contributed by atoms with E-state index in [1.165, 1.54) is 0 Å². The molecule has 2 aliphatic rings. The van der Waals surface area contributed by atoms with Gasteiger partial charge >= 0.3 is 0 Å². The number of nitrogens with zero attached hydrogens (tertiary/aromatic N) is 4. The Bertz CT molecular complexity index is 812. The number of rotatable bonds is 4. The van der Waals surface area contributed by atoms with Crippen LogP contribution in [0.25, 0.3) is 0 Å². The second kappa shape index (κ2) is 9.04. The highest BCUT2D eigenvalue weighted by Crippen LogP contribution is 2.36. The average Bonchev–Trinajstić information content (AvgIpc) is 2.90. The zero-order valence-electron chi connectivity index (χ0n) is 17.3. The molecule has 1 aromatic carbocycles. The average molecular weight is 417 g/mol. The molecule has 29 heavy (non-hydrogen) atoms. The van der Waals surface area contributed by atoms with Crippen LogP contribution in [0.1, 0.15) is 45.1 Å². The van der Waals surface area contributed by atoms with Crippen molar-refractivity contribution < 1.29 is 9.59 Å². The molecule has 2 aliphatic heterocycles. The van der Waals surface area contributed by atoms with E-state index in [0.717, 1.165) is 31.6 Å². The van der Waals surface area contributed by atoms with Crippen LogP contribution in [-0.2, 0) is 9.59 Å². The third-order valence-corrected chi connectivity index (χ3v) is 6.35. The van der Waals surface area contributed by atoms with Crippen molar-refractivity contribution in [3.05, 3.63) is 28.8 Å². The summed E-state index contributed by atoms with van der Waals surface area (Å²) in [6, 6.07) is 7.56. The van der Waals surface area contributed by atoms with Crippen LogP contribution < -0.4 is 4.90 Å². The van der Waals surface area contributed by atoms with E-state index in [9.17, 15) is 14.9 Å². The molecule has 6 nitrogen and oxygen atoms in total. The smallest absolute Gasteiger partial charge is 0.242 e. The first-order valence-corrected chi connectivity index (χ1v) is 10.8. The van der Waals surface area contributed by atoms with E-state index in [-0.39, 0.29) is 18.4 Å². The molecule has 2 heterocycles. The van der Waals surface area contributed by atoms with Gasteiger partial charge in [-0.3, -0.25) is 9.59 Å². The Kier molecular flexibility index (Phi) is 6.69. The Hall–Kier alpha value is -2.26.